The molecule has 0 spiro atoms. The summed E-state index contributed by atoms with van der Waals surface area (Å²) in [6.07, 6.45) is 8.31. The number of amides is 1. The molecule has 3 heterocycles. The maximum Gasteiger partial charge on any atom is 0.254 e. The van der Waals surface area contributed by atoms with Gasteiger partial charge in [-0.3, -0.25) is 14.5 Å². The lowest BCUT2D eigenvalue weighted by Gasteiger charge is -2.34. The Morgan fingerprint density at radius 3 is 2.83 bits per heavy atom. The van der Waals surface area contributed by atoms with E-state index in [9.17, 15) is 10.1 Å². The summed E-state index contributed by atoms with van der Waals surface area (Å²) >= 11 is 0. The van der Waals surface area contributed by atoms with E-state index in [-0.39, 0.29) is 11.9 Å². The molecule has 1 aliphatic heterocycles. The second kappa shape index (κ2) is 6.48. The van der Waals surface area contributed by atoms with Crippen molar-refractivity contribution in [2.24, 2.45) is 7.05 Å². The third-order valence-corrected chi connectivity index (χ3v) is 4.06. The molecule has 0 radical (unpaired) electrons. The molecule has 1 N–H and O–H groups in total. The first-order valence-corrected chi connectivity index (χ1v) is 7.56. The monoisotopic (exact) mass is 310 g/mol. The second-order valence-electron chi connectivity index (χ2n) is 5.64. The summed E-state index contributed by atoms with van der Waals surface area (Å²) in [5.41, 5.74) is 2.08. The van der Waals surface area contributed by atoms with E-state index >= 15 is 0 Å². The molecule has 7 heteroatoms. The van der Waals surface area contributed by atoms with Crippen LogP contribution in [0.5, 0.6) is 0 Å². The van der Waals surface area contributed by atoms with Gasteiger partial charge in [0.05, 0.1) is 29.2 Å². The summed E-state index contributed by atoms with van der Waals surface area (Å²) in [6.45, 7) is 1.58. The fraction of sp³-hybridized carbons (Fsp3) is 0.375. The lowest BCUT2D eigenvalue weighted by molar-refractivity contribution is 0.0931. The Morgan fingerprint density at radius 2 is 2.17 bits per heavy atom. The highest BCUT2D eigenvalue weighted by Crippen LogP contribution is 2.22. The summed E-state index contributed by atoms with van der Waals surface area (Å²) in [4.78, 5) is 18.4. The van der Waals surface area contributed by atoms with Crippen molar-refractivity contribution < 1.29 is 4.79 Å². The van der Waals surface area contributed by atoms with E-state index in [0.29, 0.717) is 11.1 Å². The van der Waals surface area contributed by atoms with E-state index in [1.807, 2.05) is 0 Å². The van der Waals surface area contributed by atoms with Crippen molar-refractivity contribution in [3.05, 3.63) is 42.0 Å². The minimum atomic E-state index is -0.0874. The summed E-state index contributed by atoms with van der Waals surface area (Å²) in [5.74, 6) is -0.0874. The van der Waals surface area contributed by atoms with Crippen molar-refractivity contribution >= 4 is 11.6 Å². The van der Waals surface area contributed by atoms with Crippen LogP contribution in [0.3, 0.4) is 0 Å². The van der Waals surface area contributed by atoms with Gasteiger partial charge in [0.1, 0.15) is 6.07 Å². The van der Waals surface area contributed by atoms with Crippen LogP contribution in [0.1, 0.15) is 28.8 Å². The van der Waals surface area contributed by atoms with E-state index in [4.69, 9.17) is 0 Å². The molecule has 3 rings (SSSR count). The third kappa shape index (κ3) is 3.31. The lowest BCUT2D eigenvalue weighted by Crippen LogP contribution is -2.44. The van der Waals surface area contributed by atoms with Gasteiger partial charge in [-0.25, -0.2) is 0 Å². The smallest absolute Gasteiger partial charge is 0.254 e. The number of hydrogen-bond donors (Lipinski definition) is 1. The Bertz CT molecular complexity index is 739. The van der Waals surface area contributed by atoms with E-state index in [2.05, 4.69) is 26.4 Å². The molecule has 0 aromatic carbocycles. The number of rotatable bonds is 3. The molecule has 1 amide bonds. The Morgan fingerprint density at radius 1 is 1.39 bits per heavy atom. The lowest BCUT2D eigenvalue weighted by atomic mass is 10.0. The number of nitrogens with zero attached hydrogens (tertiary/aromatic N) is 5. The number of carbonyl (C=O) groups is 1. The Kier molecular flexibility index (Phi) is 4.24. The maximum atomic E-state index is 12.1. The zero-order valence-electron chi connectivity index (χ0n) is 12.9. The minimum absolute atomic E-state index is 0.0874. The van der Waals surface area contributed by atoms with Gasteiger partial charge in [0, 0.05) is 38.6 Å². The molecule has 1 fully saturated rings. The molecule has 1 saturated heterocycles. The quantitative estimate of drug-likeness (QED) is 0.917. The van der Waals surface area contributed by atoms with Crippen LogP contribution in [0.15, 0.2) is 30.9 Å². The van der Waals surface area contributed by atoms with Gasteiger partial charge in [0.2, 0.25) is 0 Å². The number of anilines is 1. The van der Waals surface area contributed by atoms with Gasteiger partial charge >= 0.3 is 0 Å². The van der Waals surface area contributed by atoms with Gasteiger partial charge in [-0.2, -0.15) is 10.4 Å². The van der Waals surface area contributed by atoms with E-state index < -0.39 is 0 Å². The van der Waals surface area contributed by atoms with Crippen molar-refractivity contribution in [2.75, 3.05) is 18.0 Å². The van der Waals surface area contributed by atoms with Gasteiger partial charge in [-0.05, 0) is 18.9 Å². The first kappa shape index (κ1) is 15.0. The second-order valence-corrected chi connectivity index (χ2v) is 5.64. The number of carbonyl (C=O) groups excluding carboxylic acids is 1. The molecule has 0 atom stereocenters. The SMILES string of the molecule is Cn1cc(C(=O)NC2CCN(c3cnccc3C#N)CC2)cn1. The first-order chi connectivity index (χ1) is 11.2. The highest BCUT2D eigenvalue weighted by molar-refractivity contribution is 5.93. The number of piperidine rings is 1. The fourth-order valence-corrected chi connectivity index (χ4v) is 2.80. The number of hydrogen-bond acceptors (Lipinski definition) is 5. The highest BCUT2D eigenvalue weighted by Gasteiger charge is 2.23. The summed E-state index contributed by atoms with van der Waals surface area (Å²) in [7, 11) is 1.79. The van der Waals surface area contributed by atoms with Gasteiger partial charge in [0.15, 0.2) is 0 Å². The molecule has 0 saturated carbocycles. The minimum Gasteiger partial charge on any atom is -0.369 e. The van der Waals surface area contributed by atoms with Crippen molar-refractivity contribution in [1.82, 2.24) is 20.1 Å². The largest absolute Gasteiger partial charge is 0.369 e. The van der Waals surface area contributed by atoms with Crippen LogP contribution >= 0.6 is 0 Å². The van der Waals surface area contributed by atoms with Crippen molar-refractivity contribution in [1.29, 1.82) is 5.26 Å². The van der Waals surface area contributed by atoms with Gasteiger partial charge in [0.25, 0.3) is 5.91 Å². The molecule has 7 nitrogen and oxygen atoms in total. The molecule has 1 aliphatic rings. The summed E-state index contributed by atoms with van der Waals surface area (Å²) in [5, 5.41) is 16.2. The number of nitrogens with one attached hydrogen (secondary N) is 1. The Hall–Kier alpha value is -2.88. The summed E-state index contributed by atoms with van der Waals surface area (Å²) < 4.78 is 1.61. The third-order valence-electron chi connectivity index (χ3n) is 4.06. The average Bonchev–Trinajstić information content (AvgIpc) is 3.02. The topological polar surface area (TPSA) is 86.8 Å². The molecule has 118 valence electrons. The van der Waals surface area contributed by atoms with Crippen molar-refractivity contribution in [3.8, 4) is 6.07 Å². The van der Waals surface area contributed by atoms with Crippen LogP contribution < -0.4 is 10.2 Å². The number of aromatic nitrogens is 3. The van der Waals surface area contributed by atoms with Gasteiger partial charge in [-0.15, -0.1) is 0 Å². The van der Waals surface area contributed by atoms with Crippen LogP contribution in [0.2, 0.25) is 0 Å². The van der Waals surface area contributed by atoms with Crippen LogP contribution in [0.25, 0.3) is 0 Å². The van der Waals surface area contributed by atoms with Crippen LogP contribution in [0.4, 0.5) is 5.69 Å². The maximum absolute atomic E-state index is 12.1. The molecule has 0 unspecified atom stereocenters. The van der Waals surface area contributed by atoms with Crippen LogP contribution in [0, 0.1) is 11.3 Å². The zero-order chi connectivity index (χ0) is 16.2. The predicted octanol–water partition coefficient (Wildman–Crippen LogP) is 1.09. The van der Waals surface area contributed by atoms with E-state index in [1.54, 1.807) is 42.6 Å². The molecule has 0 aliphatic carbocycles. The Labute approximate surface area is 134 Å². The average molecular weight is 310 g/mol. The van der Waals surface area contributed by atoms with E-state index in [1.165, 1.54) is 0 Å². The van der Waals surface area contributed by atoms with Gasteiger partial charge in [-0.1, -0.05) is 0 Å². The van der Waals surface area contributed by atoms with Crippen molar-refractivity contribution in [3.63, 3.8) is 0 Å². The molecule has 2 aromatic heterocycles. The Balaban J connectivity index is 1.58. The molecular weight excluding hydrogens is 292 g/mol. The van der Waals surface area contributed by atoms with E-state index in [0.717, 1.165) is 31.6 Å². The zero-order valence-corrected chi connectivity index (χ0v) is 12.9. The normalized spacial score (nSPS) is 15.2. The number of pyridine rings is 1. The summed E-state index contributed by atoms with van der Waals surface area (Å²) in [6, 6.07) is 4.07. The first-order valence-electron chi connectivity index (χ1n) is 7.56. The molecule has 2 aromatic rings. The highest BCUT2D eigenvalue weighted by atomic mass is 16.1. The van der Waals surface area contributed by atoms with Gasteiger partial charge < -0.3 is 10.2 Å². The molecule has 0 bridgehead atoms. The number of aryl methyl sites for hydroxylation is 1. The standard InChI is InChI=1S/C16H18N6O/c1-21-11-13(9-19-21)16(23)20-14-3-6-22(7-4-14)15-10-18-5-2-12(15)8-17/h2,5,9-11,14H,3-4,6-7H2,1H3,(H,20,23). The number of nitriles is 1. The fourth-order valence-electron chi connectivity index (χ4n) is 2.80. The van der Waals surface area contributed by atoms with Crippen molar-refractivity contribution in [2.45, 2.75) is 18.9 Å². The molecular formula is C16H18N6O. The predicted molar refractivity (Wildman–Crippen MR) is 84.9 cm³/mol. The van der Waals surface area contributed by atoms with Crippen LogP contribution in [-0.4, -0.2) is 39.8 Å². The molecule has 23 heavy (non-hydrogen) atoms. The van der Waals surface area contributed by atoms with Crippen LogP contribution in [-0.2, 0) is 7.05 Å².